The maximum atomic E-state index is 4.55. The Morgan fingerprint density at radius 1 is 0.864 bits per heavy atom. The van der Waals surface area contributed by atoms with E-state index in [2.05, 4.69) is 58.2 Å². The Bertz CT molecular complexity index is 707. The van der Waals surface area contributed by atoms with Gasteiger partial charge in [-0.1, -0.05) is 24.3 Å². The van der Waals surface area contributed by atoms with Gasteiger partial charge in [-0.25, -0.2) is 14.9 Å². The minimum atomic E-state index is 0.196. The zero-order valence-corrected chi connectivity index (χ0v) is 12.3. The molecule has 0 fully saturated rings. The molecule has 4 rings (SSSR count). The van der Waals surface area contributed by atoms with Crippen LogP contribution < -0.4 is 9.80 Å². The Morgan fingerprint density at radius 3 is 2.32 bits per heavy atom. The van der Waals surface area contributed by atoms with Crippen molar-refractivity contribution in [1.82, 2.24) is 9.97 Å². The van der Waals surface area contributed by atoms with E-state index in [1.165, 1.54) is 16.3 Å². The van der Waals surface area contributed by atoms with Gasteiger partial charge in [0.25, 0.3) is 0 Å². The Kier molecular flexibility index (Phi) is 3.09. The topological polar surface area (TPSA) is 33.5 Å². The fourth-order valence-electron chi connectivity index (χ4n) is 3.17. The van der Waals surface area contributed by atoms with Crippen LogP contribution in [0.1, 0.15) is 6.92 Å². The molecular formula is C18H17N4+. The first kappa shape index (κ1) is 13.0. The molecule has 1 aliphatic rings. The lowest BCUT2D eigenvalue weighted by Gasteiger charge is -2.23. The van der Waals surface area contributed by atoms with Gasteiger partial charge in [0.05, 0.1) is 0 Å². The largest absolute Gasteiger partial charge is 0.269 e. The van der Waals surface area contributed by atoms with Gasteiger partial charge in [0, 0.05) is 31.5 Å². The summed E-state index contributed by atoms with van der Waals surface area (Å²) < 4.78 is 0. The average molecular weight is 289 g/mol. The van der Waals surface area contributed by atoms with Crippen molar-refractivity contribution in [3.05, 3.63) is 73.1 Å². The fourth-order valence-corrected chi connectivity index (χ4v) is 3.17. The second-order valence-corrected chi connectivity index (χ2v) is 5.38. The van der Waals surface area contributed by atoms with E-state index < -0.39 is 0 Å². The Labute approximate surface area is 129 Å². The van der Waals surface area contributed by atoms with Crippen molar-refractivity contribution < 1.29 is 4.90 Å². The van der Waals surface area contributed by atoms with Gasteiger partial charge in [-0.15, -0.1) is 0 Å². The van der Waals surface area contributed by atoms with Gasteiger partial charge < -0.3 is 0 Å². The van der Waals surface area contributed by atoms with E-state index in [1.807, 2.05) is 36.7 Å². The number of hydrogen-bond acceptors (Lipinski definition) is 3. The van der Waals surface area contributed by atoms with Crippen LogP contribution in [0.4, 0.5) is 23.0 Å². The predicted molar refractivity (Wildman–Crippen MR) is 86.8 cm³/mol. The lowest BCUT2D eigenvalue weighted by molar-refractivity contribution is -0.782. The van der Waals surface area contributed by atoms with E-state index in [4.69, 9.17) is 0 Å². The number of quaternary nitrogens is 1. The van der Waals surface area contributed by atoms with E-state index in [0.29, 0.717) is 0 Å². The summed E-state index contributed by atoms with van der Waals surface area (Å²) in [6.45, 7) is 2.21. The van der Waals surface area contributed by atoms with Crippen molar-refractivity contribution in [2.75, 3.05) is 4.90 Å². The molecule has 4 heteroatoms. The van der Waals surface area contributed by atoms with Crippen LogP contribution in [0.15, 0.2) is 73.1 Å². The van der Waals surface area contributed by atoms with Crippen LogP contribution in [-0.4, -0.2) is 16.1 Å². The minimum absolute atomic E-state index is 0.196. The molecule has 0 saturated carbocycles. The third kappa shape index (κ3) is 1.96. The van der Waals surface area contributed by atoms with Gasteiger partial charge in [-0.3, -0.25) is 4.90 Å². The lowest BCUT2D eigenvalue weighted by Crippen LogP contribution is -3.06. The van der Waals surface area contributed by atoms with Crippen LogP contribution in [0.2, 0.25) is 0 Å². The molecule has 0 radical (unpaired) electrons. The summed E-state index contributed by atoms with van der Waals surface area (Å²) in [6, 6.07) is 20.5. The molecule has 0 aliphatic carbocycles. The third-order valence-corrected chi connectivity index (χ3v) is 4.10. The molecule has 22 heavy (non-hydrogen) atoms. The smallest absolute Gasteiger partial charge is 0.232 e. The summed E-state index contributed by atoms with van der Waals surface area (Å²) in [4.78, 5) is 12.6. The quantitative estimate of drug-likeness (QED) is 0.787. The number of benzene rings is 1. The molecule has 1 aliphatic heterocycles. The molecule has 2 unspecified atom stereocenters. The molecule has 2 aromatic heterocycles. The number of nitrogens with zero attached hydrogens (tertiary/aromatic N) is 3. The Morgan fingerprint density at radius 2 is 1.59 bits per heavy atom. The summed E-state index contributed by atoms with van der Waals surface area (Å²) in [5, 5.41) is 0. The molecule has 3 aromatic rings. The highest BCUT2D eigenvalue weighted by Gasteiger charge is 2.40. The number of para-hydroxylation sites is 2. The first-order valence-corrected chi connectivity index (χ1v) is 7.44. The van der Waals surface area contributed by atoms with Crippen molar-refractivity contribution in [3.8, 4) is 0 Å². The lowest BCUT2D eigenvalue weighted by atomic mass is 10.2. The monoisotopic (exact) mass is 289 g/mol. The molecular weight excluding hydrogens is 272 g/mol. The van der Waals surface area contributed by atoms with Gasteiger partial charge in [-0.05, 0) is 24.3 Å². The molecule has 1 aromatic carbocycles. The van der Waals surface area contributed by atoms with E-state index in [1.54, 1.807) is 0 Å². The van der Waals surface area contributed by atoms with Crippen molar-refractivity contribution in [2.45, 2.75) is 13.1 Å². The first-order chi connectivity index (χ1) is 10.9. The van der Waals surface area contributed by atoms with Crippen LogP contribution in [0, 0.1) is 0 Å². The number of nitrogens with one attached hydrogen (secondary N) is 1. The number of hydrogen-bond donors (Lipinski definition) is 1. The summed E-state index contributed by atoms with van der Waals surface area (Å²) >= 11 is 0. The van der Waals surface area contributed by atoms with Gasteiger partial charge in [0.2, 0.25) is 5.82 Å². The van der Waals surface area contributed by atoms with Crippen molar-refractivity contribution in [2.24, 2.45) is 0 Å². The molecule has 1 N–H and O–H groups in total. The highest BCUT2D eigenvalue weighted by Crippen LogP contribution is 2.35. The number of pyridine rings is 2. The number of anilines is 2. The van der Waals surface area contributed by atoms with Crippen LogP contribution in [0.5, 0.6) is 0 Å². The SMILES string of the molecule is CC1N(c2ccccn2)c2ccccc2[NH+]1c1ccccn1. The predicted octanol–water partition coefficient (Wildman–Crippen LogP) is 2.82. The highest BCUT2D eigenvalue weighted by molar-refractivity contribution is 5.73. The maximum absolute atomic E-state index is 4.55. The van der Waals surface area contributed by atoms with Gasteiger partial charge in [-0.2, -0.15) is 0 Å². The molecule has 4 nitrogen and oxygen atoms in total. The van der Waals surface area contributed by atoms with Gasteiger partial charge in [0.1, 0.15) is 11.5 Å². The molecule has 0 bridgehead atoms. The van der Waals surface area contributed by atoms with Gasteiger partial charge in [0.15, 0.2) is 11.9 Å². The van der Waals surface area contributed by atoms with Crippen LogP contribution >= 0.6 is 0 Å². The van der Waals surface area contributed by atoms with Crippen LogP contribution in [0.25, 0.3) is 0 Å². The normalized spacial score (nSPS) is 20.0. The van der Waals surface area contributed by atoms with E-state index in [-0.39, 0.29) is 6.17 Å². The van der Waals surface area contributed by atoms with Crippen LogP contribution in [0.3, 0.4) is 0 Å². The third-order valence-electron chi connectivity index (χ3n) is 4.10. The van der Waals surface area contributed by atoms with E-state index in [9.17, 15) is 0 Å². The molecule has 108 valence electrons. The Hall–Kier alpha value is -2.72. The number of rotatable bonds is 2. The summed E-state index contributed by atoms with van der Waals surface area (Å²) in [5.41, 5.74) is 2.42. The van der Waals surface area contributed by atoms with E-state index in [0.717, 1.165) is 11.6 Å². The van der Waals surface area contributed by atoms with Crippen molar-refractivity contribution in [3.63, 3.8) is 0 Å². The summed E-state index contributed by atoms with van der Waals surface area (Å²) in [5.74, 6) is 1.99. The zero-order chi connectivity index (χ0) is 14.9. The number of aromatic nitrogens is 2. The summed E-state index contributed by atoms with van der Waals surface area (Å²) in [7, 11) is 0. The van der Waals surface area contributed by atoms with Crippen molar-refractivity contribution >= 4 is 23.0 Å². The van der Waals surface area contributed by atoms with Gasteiger partial charge >= 0.3 is 0 Å². The maximum Gasteiger partial charge on any atom is 0.232 e. The number of fused-ring (bicyclic) bond motifs is 1. The molecule has 3 heterocycles. The Balaban J connectivity index is 1.87. The molecule has 0 saturated heterocycles. The molecule has 0 amide bonds. The van der Waals surface area contributed by atoms with Crippen LogP contribution in [-0.2, 0) is 0 Å². The minimum Gasteiger partial charge on any atom is -0.269 e. The van der Waals surface area contributed by atoms with Crippen molar-refractivity contribution in [1.29, 1.82) is 0 Å². The highest BCUT2D eigenvalue weighted by atomic mass is 15.4. The average Bonchev–Trinajstić information content (AvgIpc) is 2.88. The zero-order valence-electron chi connectivity index (χ0n) is 12.3. The fraction of sp³-hybridized carbons (Fsp3) is 0.111. The van der Waals surface area contributed by atoms with E-state index >= 15 is 0 Å². The molecule has 2 atom stereocenters. The second kappa shape index (κ2) is 5.24. The molecule has 0 spiro atoms. The summed E-state index contributed by atoms with van der Waals surface area (Å²) in [6.07, 6.45) is 3.88. The first-order valence-electron chi connectivity index (χ1n) is 7.44. The second-order valence-electron chi connectivity index (χ2n) is 5.38. The standard InChI is InChI=1S/C18H16N4/c1-14-21(17-10-4-6-12-19-17)15-8-2-3-9-16(15)22(14)18-11-5-7-13-20-18/h2-14H,1H3/p+1.